The Kier molecular flexibility index (Phi) is 5.63. The molecule has 0 fully saturated rings. The van der Waals surface area contributed by atoms with Crippen molar-refractivity contribution < 1.29 is 0 Å². The van der Waals surface area contributed by atoms with Gasteiger partial charge in [-0.1, -0.05) is 32.8 Å². The van der Waals surface area contributed by atoms with E-state index in [9.17, 15) is 0 Å². The van der Waals surface area contributed by atoms with Crippen molar-refractivity contribution in [3.05, 3.63) is 29.1 Å². The Labute approximate surface area is 106 Å². The van der Waals surface area contributed by atoms with Crippen molar-refractivity contribution in [2.75, 3.05) is 7.05 Å². The molecule has 1 aliphatic heterocycles. The third-order valence-corrected chi connectivity index (χ3v) is 3.36. The number of hydrogen-bond donors (Lipinski definition) is 0. The average Bonchev–Trinajstić information content (AvgIpc) is 2.31. The highest BCUT2D eigenvalue weighted by atomic mass is 15.1. The zero-order chi connectivity index (χ0) is 12.8. The Bertz CT molecular complexity index is 345. The van der Waals surface area contributed by atoms with E-state index in [1.807, 2.05) is 6.20 Å². The molecule has 0 aromatic carbocycles. The number of unbranched alkanes of at least 4 members (excludes halogenated alkanes) is 1. The average molecular weight is 234 g/mol. The maximum absolute atomic E-state index is 4.48. The van der Waals surface area contributed by atoms with Gasteiger partial charge in [0.15, 0.2) is 0 Å². The molecule has 1 aromatic heterocycles. The first kappa shape index (κ1) is 14.2. The number of hydrogen-bond acceptors (Lipinski definition) is 2. The summed E-state index contributed by atoms with van der Waals surface area (Å²) in [6, 6.07) is 2.88. The van der Waals surface area contributed by atoms with E-state index in [1.165, 1.54) is 29.7 Å². The van der Waals surface area contributed by atoms with Crippen LogP contribution in [0.4, 0.5) is 0 Å². The Morgan fingerprint density at radius 2 is 2.00 bits per heavy atom. The minimum Gasteiger partial charge on any atom is -0.299 e. The van der Waals surface area contributed by atoms with E-state index in [1.54, 1.807) is 0 Å². The standard InChI is InChI=1S/C11H16N2.C4H10/c1-8-4-10-7-13(3)9(2)5-11(10)12-6-8;1-3-4-2/h4,6,9H,5,7H2,1-3H3;3-4H2,1-2H3. The van der Waals surface area contributed by atoms with Crippen LogP contribution in [0.5, 0.6) is 0 Å². The summed E-state index contributed by atoms with van der Waals surface area (Å²) >= 11 is 0. The number of aromatic nitrogens is 1. The van der Waals surface area contributed by atoms with Crippen LogP contribution in [0.25, 0.3) is 0 Å². The second kappa shape index (κ2) is 6.75. The Morgan fingerprint density at radius 3 is 2.59 bits per heavy atom. The van der Waals surface area contributed by atoms with Gasteiger partial charge in [-0.05, 0) is 32.0 Å². The molecule has 17 heavy (non-hydrogen) atoms. The van der Waals surface area contributed by atoms with Gasteiger partial charge in [0.2, 0.25) is 0 Å². The van der Waals surface area contributed by atoms with Crippen LogP contribution in [0.2, 0.25) is 0 Å². The Hall–Kier alpha value is -0.890. The molecule has 0 saturated carbocycles. The van der Waals surface area contributed by atoms with E-state index in [2.05, 4.69) is 50.7 Å². The van der Waals surface area contributed by atoms with Gasteiger partial charge >= 0.3 is 0 Å². The summed E-state index contributed by atoms with van der Waals surface area (Å²) in [5.74, 6) is 0. The molecule has 0 saturated heterocycles. The number of nitrogens with zero attached hydrogens (tertiary/aromatic N) is 2. The zero-order valence-corrected chi connectivity index (χ0v) is 12.0. The van der Waals surface area contributed by atoms with Crippen LogP contribution in [0.1, 0.15) is 50.4 Å². The predicted molar refractivity (Wildman–Crippen MR) is 74.2 cm³/mol. The molecule has 0 amide bonds. The van der Waals surface area contributed by atoms with Gasteiger partial charge in [0.1, 0.15) is 0 Å². The number of aryl methyl sites for hydroxylation is 1. The third-order valence-electron chi connectivity index (χ3n) is 3.36. The van der Waals surface area contributed by atoms with Gasteiger partial charge in [-0.2, -0.15) is 0 Å². The molecule has 2 heterocycles. The lowest BCUT2D eigenvalue weighted by Gasteiger charge is -2.30. The van der Waals surface area contributed by atoms with Crippen molar-refractivity contribution in [3.8, 4) is 0 Å². The molecule has 2 rings (SSSR count). The first-order valence-electron chi connectivity index (χ1n) is 6.73. The topological polar surface area (TPSA) is 16.1 Å². The van der Waals surface area contributed by atoms with Crippen molar-refractivity contribution in [3.63, 3.8) is 0 Å². The van der Waals surface area contributed by atoms with Crippen molar-refractivity contribution in [1.29, 1.82) is 0 Å². The second-order valence-electron chi connectivity index (χ2n) is 5.09. The van der Waals surface area contributed by atoms with E-state index in [0.29, 0.717) is 6.04 Å². The molecule has 0 bridgehead atoms. The van der Waals surface area contributed by atoms with E-state index in [0.717, 1.165) is 13.0 Å². The molecule has 2 nitrogen and oxygen atoms in total. The van der Waals surface area contributed by atoms with Crippen LogP contribution in [0.15, 0.2) is 12.3 Å². The predicted octanol–water partition coefficient (Wildman–Crippen LogP) is 3.57. The van der Waals surface area contributed by atoms with Gasteiger partial charge < -0.3 is 0 Å². The lowest BCUT2D eigenvalue weighted by Crippen LogP contribution is -2.35. The van der Waals surface area contributed by atoms with Crippen molar-refractivity contribution in [1.82, 2.24) is 9.88 Å². The first-order valence-corrected chi connectivity index (χ1v) is 6.73. The van der Waals surface area contributed by atoms with Crippen molar-refractivity contribution in [2.45, 2.75) is 59.5 Å². The maximum atomic E-state index is 4.48. The van der Waals surface area contributed by atoms with E-state index in [4.69, 9.17) is 0 Å². The lowest BCUT2D eigenvalue weighted by atomic mass is 9.99. The highest BCUT2D eigenvalue weighted by molar-refractivity contribution is 5.27. The van der Waals surface area contributed by atoms with Gasteiger partial charge in [-0.3, -0.25) is 9.88 Å². The van der Waals surface area contributed by atoms with E-state index >= 15 is 0 Å². The molecular weight excluding hydrogens is 208 g/mol. The van der Waals surface area contributed by atoms with Gasteiger partial charge in [-0.25, -0.2) is 0 Å². The molecule has 1 unspecified atom stereocenters. The van der Waals surface area contributed by atoms with E-state index < -0.39 is 0 Å². The van der Waals surface area contributed by atoms with Crippen LogP contribution in [0, 0.1) is 6.92 Å². The summed E-state index contributed by atoms with van der Waals surface area (Å²) in [7, 11) is 2.18. The largest absolute Gasteiger partial charge is 0.299 e. The highest BCUT2D eigenvalue weighted by Gasteiger charge is 2.20. The molecule has 1 aromatic rings. The van der Waals surface area contributed by atoms with Crippen LogP contribution in [0.3, 0.4) is 0 Å². The summed E-state index contributed by atoms with van der Waals surface area (Å²) in [6.07, 6.45) is 5.70. The van der Waals surface area contributed by atoms with Crippen LogP contribution in [-0.4, -0.2) is 23.0 Å². The molecule has 0 spiro atoms. The second-order valence-corrected chi connectivity index (χ2v) is 5.09. The van der Waals surface area contributed by atoms with Crippen molar-refractivity contribution in [2.24, 2.45) is 0 Å². The quantitative estimate of drug-likeness (QED) is 0.738. The number of pyridine rings is 1. The summed E-state index contributed by atoms with van der Waals surface area (Å²) in [5.41, 5.74) is 3.96. The zero-order valence-electron chi connectivity index (χ0n) is 12.0. The molecule has 1 aliphatic rings. The van der Waals surface area contributed by atoms with E-state index in [-0.39, 0.29) is 0 Å². The van der Waals surface area contributed by atoms with Gasteiger partial charge in [-0.15, -0.1) is 0 Å². The molecule has 96 valence electrons. The lowest BCUT2D eigenvalue weighted by molar-refractivity contribution is 0.228. The minimum atomic E-state index is 0.628. The summed E-state index contributed by atoms with van der Waals surface area (Å²) in [6.45, 7) is 9.76. The van der Waals surface area contributed by atoms with Gasteiger partial charge in [0, 0.05) is 30.9 Å². The normalized spacial score (nSPS) is 19.2. The molecule has 0 radical (unpaired) electrons. The number of likely N-dealkylation sites (N-methyl/N-ethyl adjacent to an activating group) is 1. The third kappa shape index (κ3) is 4.12. The molecule has 2 heteroatoms. The fourth-order valence-corrected chi connectivity index (χ4v) is 1.84. The first-order chi connectivity index (χ1) is 8.08. The van der Waals surface area contributed by atoms with Crippen LogP contribution < -0.4 is 0 Å². The SMILES string of the molecule is CCCC.Cc1cnc2c(c1)CN(C)C(C)C2. The van der Waals surface area contributed by atoms with Crippen LogP contribution in [-0.2, 0) is 13.0 Å². The molecular formula is C15H26N2. The smallest absolute Gasteiger partial charge is 0.0464 e. The molecule has 1 atom stereocenters. The summed E-state index contributed by atoms with van der Waals surface area (Å²) in [4.78, 5) is 6.86. The number of fused-ring (bicyclic) bond motifs is 1. The Morgan fingerprint density at radius 1 is 1.35 bits per heavy atom. The minimum absolute atomic E-state index is 0.628. The monoisotopic (exact) mass is 234 g/mol. The fourth-order valence-electron chi connectivity index (χ4n) is 1.84. The summed E-state index contributed by atoms with van der Waals surface area (Å²) < 4.78 is 0. The fraction of sp³-hybridized carbons (Fsp3) is 0.667. The molecule has 0 N–H and O–H groups in total. The van der Waals surface area contributed by atoms with Gasteiger partial charge in [0.05, 0.1) is 0 Å². The number of rotatable bonds is 1. The Balaban J connectivity index is 0.000000317. The maximum Gasteiger partial charge on any atom is 0.0464 e. The van der Waals surface area contributed by atoms with Crippen LogP contribution >= 0.6 is 0 Å². The molecule has 0 aliphatic carbocycles. The highest BCUT2D eigenvalue weighted by Crippen LogP contribution is 2.20. The summed E-state index contributed by atoms with van der Waals surface area (Å²) in [5, 5.41) is 0. The van der Waals surface area contributed by atoms with Crippen molar-refractivity contribution >= 4 is 0 Å². The van der Waals surface area contributed by atoms with Gasteiger partial charge in [0.25, 0.3) is 0 Å².